The summed E-state index contributed by atoms with van der Waals surface area (Å²) in [4.78, 5) is 12.3. The fourth-order valence-corrected chi connectivity index (χ4v) is 11.0. The maximum atomic E-state index is 12.3. The highest BCUT2D eigenvalue weighted by Gasteiger charge is 2.48. The summed E-state index contributed by atoms with van der Waals surface area (Å²) in [5.41, 5.74) is 7.30. The Morgan fingerprint density at radius 2 is 1.12 bits per heavy atom. The van der Waals surface area contributed by atoms with Crippen molar-refractivity contribution in [3.05, 3.63) is 96.1 Å². The number of benzene rings is 4. The lowest BCUT2D eigenvalue weighted by molar-refractivity contribution is -0.120. The van der Waals surface area contributed by atoms with Crippen LogP contribution in [0.5, 0.6) is 11.5 Å². The molecule has 4 aromatic rings. The monoisotopic (exact) mass is 598 g/mol. The zero-order valence-corrected chi connectivity index (χ0v) is 28.3. The normalized spacial score (nSPS) is 15.9. The van der Waals surface area contributed by atoms with Gasteiger partial charge < -0.3 is 9.47 Å². The minimum Gasteiger partial charge on any atom is -0.497 e. The number of hydrogen-bond acceptors (Lipinski definition) is 3. The number of ether oxygens (including phenoxy) is 2. The molecule has 1 aliphatic rings. The minimum atomic E-state index is -0.510. The molecular weight excluding hydrogens is 554 g/mol. The first-order valence-electron chi connectivity index (χ1n) is 14.4. The van der Waals surface area contributed by atoms with E-state index in [4.69, 9.17) is 9.47 Å². The highest BCUT2D eigenvalue weighted by molar-refractivity contribution is 7.69. The lowest BCUT2D eigenvalue weighted by Gasteiger charge is -2.49. The van der Waals surface area contributed by atoms with Crippen molar-refractivity contribution in [3.8, 4) is 33.8 Å². The van der Waals surface area contributed by atoms with E-state index in [1.807, 2.05) is 12.1 Å². The zero-order valence-electron chi connectivity index (χ0n) is 26.2. The summed E-state index contributed by atoms with van der Waals surface area (Å²) >= 11 is 0. The van der Waals surface area contributed by atoms with E-state index in [2.05, 4.69) is 124 Å². The second-order valence-corrected chi connectivity index (χ2v) is 16.6. The summed E-state index contributed by atoms with van der Waals surface area (Å²) < 4.78 is 10.8. The van der Waals surface area contributed by atoms with Gasteiger partial charge in [0.25, 0.3) is 0 Å². The number of Topliss-reactive ketones (excluding diaryl/α,β-unsaturated/α-hetero) is 1. The topological polar surface area (TPSA) is 35.5 Å². The van der Waals surface area contributed by atoms with E-state index in [1.54, 1.807) is 14.2 Å². The van der Waals surface area contributed by atoms with Gasteiger partial charge in [-0.1, -0.05) is 96.3 Å². The molecule has 0 bridgehead atoms. The van der Waals surface area contributed by atoms with Crippen LogP contribution < -0.4 is 20.1 Å². The van der Waals surface area contributed by atoms with E-state index in [0.717, 1.165) is 11.5 Å². The fraction of sp³-hybridized carbons (Fsp3) is 0.324. The van der Waals surface area contributed by atoms with Gasteiger partial charge in [0, 0.05) is 12.8 Å². The zero-order chi connectivity index (χ0) is 30.7. The van der Waals surface area contributed by atoms with Crippen molar-refractivity contribution in [1.29, 1.82) is 0 Å². The first kappa shape index (κ1) is 31.9. The Kier molecular flexibility index (Phi) is 9.97. The Labute approximate surface area is 256 Å². The lowest BCUT2D eigenvalue weighted by atomic mass is 9.96. The molecule has 0 saturated carbocycles. The van der Waals surface area contributed by atoms with Crippen molar-refractivity contribution < 1.29 is 14.3 Å². The molecule has 0 amide bonds. The molecule has 0 N–H and O–H groups in total. The van der Waals surface area contributed by atoms with Crippen molar-refractivity contribution >= 4 is 33.6 Å². The molecule has 5 heteroatoms. The standard InChI is InChI=1S/C23H29O2P.C14H15OP/c1-16-11-17(13-19(12-16)25-6)20-9-7-8-10-21(20)26-22(2,3)14-18(24)15-23(26,4)5;1-10-7-11(9-12(8-10)15-2)13-5-3-4-6-14(13)16/h7-13H,14-15H2,1-6H3;3-9H,16H2,1-2H3. The number of carbonyl (C=O) groups excluding carboxylic acids is 1. The lowest BCUT2D eigenvalue weighted by Crippen LogP contribution is -2.43. The summed E-state index contributed by atoms with van der Waals surface area (Å²) in [5, 5.41) is 2.60. The Bertz CT molecular complexity index is 1550. The molecule has 1 atom stereocenters. The van der Waals surface area contributed by atoms with E-state index in [9.17, 15) is 4.79 Å². The molecular formula is C37H44O3P2. The SMILES string of the molecule is COc1cc(C)cc(-c2ccccc2P)c1.COc1cc(C)cc(-c2ccccc2P2C(C)(C)CC(=O)CC2(C)C)c1. The van der Waals surface area contributed by atoms with Gasteiger partial charge in [-0.3, -0.25) is 4.79 Å². The maximum absolute atomic E-state index is 12.3. The molecule has 0 spiro atoms. The average Bonchev–Trinajstić information content (AvgIpc) is 2.91. The molecule has 1 saturated heterocycles. The van der Waals surface area contributed by atoms with Crippen LogP contribution in [0.4, 0.5) is 0 Å². The van der Waals surface area contributed by atoms with Gasteiger partial charge in [0.15, 0.2) is 0 Å². The van der Waals surface area contributed by atoms with E-state index >= 15 is 0 Å². The number of rotatable bonds is 5. The van der Waals surface area contributed by atoms with Gasteiger partial charge in [-0.05, 0) is 92.4 Å². The Balaban J connectivity index is 0.000000216. The maximum Gasteiger partial charge on any atom is 0.134 e. The molecule has 42 heavy (non-hydrogen) atoms. The van der Waals surface area contributed by atoms with Gasteiger partial charge in [0.1, 0.15) is 17.3 Å². The van der Waals surface area contributed by atoms with Crippen molar-refractivity contribution in [2.24, 2.45) is 0 Å². The Hall–Kier alpha value is -2.99. The highest BCUT2D eigenvalue weighted by Crippen LogP contribution is 2.65. The van der Waals surface area contributed by atoms with E-state index in [-0.39, 0.29) is 10.3 Å². The van der Waals surface area contributed by atoms with Crippen molar-refractivity contribution in [2.45, 2.75) is 64.7 Å². The molecule has 0 radical (unpaired) electrons. The van der Waals surface area contributed by atoms with E-state index < -0.39 is 7.92 Å². The Morgan fingerprint density at radius 1 is 0.667 bits per heavy atom. The third-order valence-electron chi connectivity index (χ3n) is 7.77. The fourth-order valence-electron chi connectivity index (χ4n) is 6.37. The first-order chi connectivity index (χ1) is 19.8. The third-order valence-corrected chi connectivity index (χ3v) is 11.9. The molecule has 4 aromatic carbocycles. The molecule has 0 aromatic heterocycles. The quantitative estimate of drug-likeness (QED) is 0.215. The molecule has 220 valence electrons. The first-order valence-corrected chi connectivity index (χ1v) is 16.3. The second kappa shape index (κ2) is 13.1. The molecule has 1 heterocycles. The van der Waals surface area contributed by atoms with Crippen LogP contribution in [0.1, 0.15) is 51.7 Å². The van der Waals surface area contributed by atoms with Crippen LogP contribution in [0.15, 0.2) is 84.9 Å². The number of hydrogen-bond donors (Lipinski definition) is 0. The van der Waals surface area contributed by atoms with Gasteiger partial charge in [0.2, 0.25) is 0 Å². The third kappa shape index (κ3) is 7.31. The molecule has 1 unspecified atom stereocenters. The molecule has 5 rings (SSSR count). The van der Waals surface area contributed by atoms with Crippen molar-refractivity contribution in [1.82, 2.24) is 0 Å². The van der Waals surface area contributed by atoms with E-state index in [1.165, 1.54) is 44.0 Å². The smallest absolute Gasteiger partial charge is 0.134 e. The van der Waals surface area contributed by atoms with Crippen LogP contribution in [0, 0.1) is 13.8 Å². The molecule has 1 aliphatic heterocycles. The van der Waals surface area contributed by atoms with Crippen LogP contribution in [-0.4, -0.2) is 30.3 Å². The van der Waals surface area contributed by atoms with Crippen LogP contribution in [0.3, 0.4) is 0 Å². The summed E-state index contributed by atoms with van der Waals surface area (Å²) in [7, 11) is 5.67. The van der Waals surface area contributed by atoms with Gasteiger partial charge >= 0.3 is 0 Å². The van der Waals surface area contributed by atoms with Gasteiger partial charge in [-0.15, -0.1) is 9.24 Å². The Morgan fingerprint density at radius 3 is 1.62 bits per heavy atom. The van der Waals surface area contributed by atoms with Gasteiger partial charge in [0.05, 0.1) is 14.2 Å². The van der Waals surface area contributed by atoms with Crippen LogP contribution in [0.25, 0.3) is 22.3 Å². The summed E-state index contributed by atoms with van der Waals surface area (Å²) in [6.07, 6.45) is 1.35. The molecule has 0 aliphatic carbocycles. The van der Waals surface area contributed by atoms with Crippen LogP contribution in [0.2, 0.25) is 0 Å². The summed E-state index contributed by atoms with van der Waals surface area (Å²) in [6.45, 7) is 13.3. The average molecular weight is 599 g/mol. The van der Waals surface area contributed by atoms with Crippen molar-refractivity contribution in [2.75, 3.05) is 14.2 Å². The second-order valence-electron chi connectivity index (χ2n) is 12.4. The number of aryl methyl sites for hydroxylation is 2. The summed E-state index contributed by atoms with van der Waals surface area (Å²) in [6, 6.07) is 29.7. The molecule has 3 nitrogen and oxygen atoms in total. The van der Waals surface area contributed by atoms with Gasteiger partial charge in [-0.25, -0.2) is 0 Å². The minimum absolute atomic E-state index is 0.00180. The van der Waals surface area contributed by atoms with Crippen molar-refractivity contribution in [3.63, 3.8) is 0 Å². The number of carbonyl (C=O) groups is 1. The predicted octanol–water partition coefficient (Wildman–Crippen LogP) is 8.87. The van der Waals surface area contributed by atoms with Gasteiger partial charge in [-0.2, -0.15) is 0 Å². The van der Waals surface area contributed by atoms with Crippen LogP contribution >= 0.6 is 17.2 Å². The molecule has 1 fully saturated rings. The predicted molar refractivity (Wildman–Crippen MR) is 185 cm³/mol. The number of methoxy groups -OCH3 is 2. The van der Waals surface area contributed by atoms with Crippen LogP contribution in [-0.2, 0) is 4.79 Å². The summed E-state index contributed by atoms with van der Waals surface area (Å²) in [5.74, 6) is 2.19. The number of ketones is 1. The highest BCUT2D eigenvalue weighted by atomic mass is 31.1. The largest absolute Gasteiger partial charge is 0.497 e. The van der Waals surface area contributed by atoms with E-state index in [0.29, 0.717) is 18.6 Å².